The van der Waals surface area contributed by atoms with Gasteiger partial charge in [0.25, 0.3) is 0 Å². The van der Waals surface area contributed by atoms with Crippen LogP contribution < -0.4 is 5.32 Å². The van der Waals surface area contributed by atoms with Crippen molar-refractivity contribution in [3.63, 3.8) is 0 Å². The highest BCUT2D eigenvalue weighted by Crippen LogP contribution is 2.32. The average Bonchev–Trinajstić information content (AvgIpc) is 2.52. The van der Waals surface area contributed by atoms with Crippen molar-refractivity contribution >= 4 is 11.6 Å². The minimum atomic E-state index is 0.201. The predicted octanol–water partition coefficient (Wildman–Crippen LogP) is 4.47. The summed E-state index contributed by atoms with van der Waals surface area (Å²) in [5, 5.41) is 4.71. The first-order valence-electron chi connectivity index (χ1n) is 8.22. The number of hydrogen-bond acceptors (Lipinski definition) is 2. The fourth-order valence-electron chi connectivity index (χ4n) is 3.25. The van der Waals surface area contributed by atoms with E-state index in [1.54, 1.807) is 0 Å². The molecule has 1 fully saturated rings. The largest absolute Gasteiger partial charge is 0.308 e. The zero-order chi connectivity index (χ0) is 15.5. The van der Waals surface area contributed by atoms with Crippen molar-refractivity contribution in [1.82, 2.24) is 10.2 Å². The van der Waals surface area contributed by atoms with Gasteiger partial charge in [-0.15, -0.1) is 0 Å². The molecule has 0 aliphatic carbocycles. The number of hydrogen-bond donors (Lipinski definition) is 1. The topological polar surface area (TPSA) is 15.3 Å². The molecular weight excluding hydrogens is 280 g/mol. The minimum Gasteiger partial charge on any atom is -0.308 e. The third kappa shape index (κ3) is 3.44. The van der Waals surface area contributed by atoms with E-state index in [0.29, 0.717) is 0 Å². The lowest BCUT2D eigenvalue weighted by atomic mass is 9.82. The number of rotatable bonds is 5. The lowest BCUT2D eigenvalue weighted by Crippen LogP contribution is -2.68. The van der Waals surface area contributed by atoms with Crippen LogP contribution in [0.1, 0.15) is 52.5 Å². The van der Waals surface area contributed by atoms with Gasteiger partial charge in [0.15, 0.2) is 0 Å². The first-order valence-corrected chi connectivity index (χ1v) is 8.60. The molecule has 0 radical (unpaired) electrons. The molecule has 1 aliphatic heterocycles. The number of halogens is 1. The molecule has 0 amide bonds. The number of piperazine rings is 1. The van der Waals surface area contributed by atoms with E-state index in [1.807, 2.05) is 12.1 Å². The highest BCUT2D eigenvalue weighted by Gasteiger charge is 2.42. The molecule has 21 heavy (non-hydrogen) atoms. The molecule has 1 atom stereocenters. The first kappa shape index (κ1) is 16.8. The summed E-state index contributed by atoms with van der Waals surface area (Å²) >= 11 is 6.38. The van der Waals surface area contributed by atoms with Crippen molar-refractivity contribution in [2.45, 2.75) is 64.6 Å². The molecule has 2 rings (SSSR count). The van der Waals surface area contributed by atoms with Gasteiger partial charge in [0.2, 0.25) is 0 Å². The predicted molar refractivity (Wildman–Crippen MR) is 91.9 cm³/mol. The lowest BCUT2D eigenvalue weighted by Gasteiger charge is -2.53. The van der Waals surface area contributed by atoms with Crippen LogP contribution in [0.25, 0.3) is 0 Å². The van der Waals surface area contributed by atoms with Crippen LogP contribution >= 0.6 is 11.6 Å². The molecule has 1 aliphatic rings. The molecule has 1 aromatic rings. The molecule has 0 saturated carbocycles. The summed E-state index contributed by atoms with van der Waals surface area (Å²) in [6, 6.07) is 8.24. The molecule has 2 nitrogen and oxygen atoms in total. The molecule has 1 N–H and O–H groups in total. The summed E-state index contributed by atoms with van der Waals surface area (Å²) < 4.78 is 0. The van der Waals surface area contributed by atoms with Gasteiger partial charge in [-0.05, 0) is 37.8 Å². The zero-order valence-corrected chi connectivity index (χ0v) is 14.6. The molecule has 0 aromatic heterocycles. The van der Waals surface area contributed by atoms with E-state index >= 15 is 0 Å². The highest BCUT2D eigenvalue weighted by atomic mass is 35.5. The molecular formula is C18H29ClN2. The molecule has 0 bridgehead atoms. The average molecular weight is 309 g/mol. The van der Waals surface area contributed by atoms with E-state index in [2.05, 4.69) is 50.0 Å². The van der Waals surface area contributed by atoms with Crippen molar-refractivity contribution in [3.8, 4) is 0 Å². The Kier molecular flexibility index (Phi) is 5.34. The molecule has 1 aromatic carbocycles. The molecule has 1 saturated heterocycles. The van der Waals surface area contributed by atoms with Crippen LogP contribution in [0.15, 0.2) is 24.3 Å². The van der Waals surface area contributed by atoms with E-state index in [0.717, 1.165) is 31.1 Å². The second-order valence-electron chi connectivity index (χ2n) is 6.64. The van der Waals surface area contributed by atoms with Crippen molar-refractivity contribution in [2.75, 3.05) is 13.1 Å². The molecule has 1 heterocycles. The standard InChI is InChI=1S/C18H29ClN2/c1-5-17(4)13-20-18(6-2,7-3)14-21(17)12-15-10-8-9-11-16(15)19/h8-11,20H,5-7,12-14H2,1-4H3. The Morgan fingerprint density at radius 2 is 1.81 bits per heavy atom. The second-order valence-corrected chi connectivity index (χ2v) is 7.05. The third-order valence-electron chi connectivity index (χ3n) is 5.54. The van der Waals surface area contributed by atoms with Crippen LogP contribution in [0, 0.1) is 0 Å². The molecule has 1 unspecified atom stereocenters. The van der Waals surface area contributed by atoms with Gasteiger partial charge in [0, 0.05) is 35.7 Å². The second kappa shape index (κ2) is 6.68. The van der Waals surface area contributed by atoms with Crippen LogP contribution in [0.5, 0.6) is 0 Å². The molecule has 118 valence electrons. The number of nitrogens with zero attached hydrogens (tertiary/aromatic N) is 1. The highest BCUT2D eigenvalue weighted by molar-refractivity contribution is 6.31. The Hall–Kier alpha value is -0.570. The van der Waals surface area contributed by atoms with Crippen molar-refractivity contribution < 1.29 is 0 Å². The fraction of sp³-hybridized carbons (Fsp3) is 0.667. The quantitative estimate of drug-likeness (QED) is 0.863. The maximum atomic E-state index is 6.38. The Morgan fingerprint density at radius 1 is 1.14 bits per heavy atom. The minimum absolute atomic E-state index is 0.201. The maximum Gasteiger partial charge on any atom is 0.0451 e. The Bertz CT molecular complexity index is 470. The van der Waals surface area contributed by atoms with Gasteiger partial charge in [0.1, 0.15) is 0 Å². The Balaban J connectivity index is 2.25. The summed E-state index contributed by atoms with van der Waals surface area (Å²) in [4.78, 5) is 2.64. The van der Waals surface area contributed by atoms with Crippen LogP contribution in [-0.2, 0) is 6.54 Å². The summed E-state index contributed by atoms with van der Waals surface area (Å²) in [6.45, 7) is 12.3. The lowest BCUT2D eigenvalue weighted by molar-refractivity contribution is 0.00278. The summed E-state index contributed by atoms with van der Waals surface area (Å²) in [5.74, 6) is 0. The van der Waals surface area contributed by atoms with Gasteiger partial charge in [-0.2, -0.15) is 0 Å². The van der Waals surface area contributed by atoms with E-state index in [9.17, 15) is 0 Å². The summed E-state index contributed by atoms with van der Waals surface area (Å²) in [6.07, 6.45) is 3.48. The van der Waals surface area contributed by atoms with Gasteiger partial charge in [-0.3, -0.25) is 4.90 Å². The van der Waals surface area contributed by atoms with Crippen LogP contribution in [0.3, 0.4) is 0 Å². The SMILES string of the molecule is CCC1(CC)CN(Cc2ccccc2Cl)C(C)(CC)CN1. The van der Waals surface area contributed by atoms with Crippen molar-refractivity contribution in [2.24, 2.45) is 0 Å². The van der Waals surface area contributed by atoms with Crippen LogP contribution in [0.2, 0.25) is 5.02 Å². The van der Waals surface area contributed by atoms with Gasteiger partial charge >= 0.3 is 0 Å². The summed E-state index contributed by atoms with van der Waals surface area (Å²) in [5.41, 5.74) is 1.69. The zero-order valence-electron chi connectivity index (χ0n) is 13.9. The summed E-state index contributed by atoms with van der Waals surface area (Å²) in [7, 11) is 0. The Morgan fingerprint density at radius 3 is 2.38 bits per heavy atom. The van der Waals surface area contributed by atoms with Gasteiger partial charge in [-0.25, -0.2) is 0 Å². The van der Waals surface area contributed by atoms with Crippen molar-refractivity contribution in [3.05, 3.63) is 34.9 Å². The van der Waals surface area contributed by atoms with Gasteiger partial charge in [-0.1, -0.05) is 50.6 Å². The number of nitrogens with one attached hydrogen (secondary N) is 1. The number of benzene rings is 1. The van der Waals surface area contributed by atoms with Crippen LogP contribution in [0.4, 0.5) is 0 Å². The molecule has 3 heteroatoms. The Labute approximate surface area is 134 Å². The van der Waals surface area contributed by atoms with E-state index in [4.69, 9.17) is 11.6 Å². The first-order chi connectivity index (χ1) is 9.98. The van der Waals surface area contributed by atoms with Crippen molar-refractivity contribution in [1.29, 1.82) is 0 Å². The smallest absolute Gasteiger partial charge is 0.0451 e. The van der Waals surface area contributed by atoms with Gasteiger partial charge in [0.05, 0.1) is 0 Å². The maximum absolute atomic E-state index is 6.38. The normalized spacial score (nSPS) is 26.0. The van der Waals surface area contributed by atoms with E-state index < -0.39 is 0 Å². The monoisotopic (exact) mass is 308 g/mol. The van der Waals surface area contributed by atoms with Gasteiger partial charge < -0.3 is 5.32 Å². The third-order valence-corrected chi connectivity index (χ3v) is 5.90. The molecule has 0 spiro atoms. The van der Waals surface area contributed by atoms with E-state index in [1.165, 1.54) is 18.4 Å². The van der Waals surface area contributed by atoms with E-state index in [-0.39, 0.29) is 11.1 Å². The fourth-order valence-corrected chi connectivity index (χ4v) is 3.45. The van der Waals surface area contributed by atoms with Crippen LogP contribution in [-0.4, -0.2) is 29.1 Å².